The molecule has 1 aliphatic rings. The van der Waals surface area contributed by atoms with E-state index in [-0.39, 0.29) is 0 Å². The number of imidazole rings is 1. The van der Waals surface area contributed by atoms with Crippen LogP contribution in [0.15, 0.2) is 151 Å². The summed E-state index contributed by atoms with van der Waals surface area (Å²) in [5.41, 5.74) is 7.23. The molecule has 1 aliphatic heterocycles. The van der Waals surface area contributed by atoms with E-state index in [0.717, 1.165) is 69.7 Å². The third-order valence-corrected chi connectivity index (χ3v) is 10.3. The number of likely N-dealkylation sites (N-methyl/N-ethyl adjacent to an activating group) is 1. The monoisotopic (exact) mass is 724 g/mol. The number of carbonyl (C=O) groups is 2. The van der Waals surface area contributed by atoms with Crippen LogP contribution in [0.2, 0.25) is 0 Å². The second kappa shape index (κ2) is 15.2. The molecule has 10 heteroatoms. The fourth-order valence-electron chi connectivity index (χ4n) is 7.46. The van der Waals surface area contributed by atoms with Crippen molar-refractivity contribution in [3.8, 4) is 22.5 Å². The normalized spacial score (nSPS) is 13.8. The number of tetrazole rings is 1. The Hall–Kier alpha value is -6.94. The molecule has 272 valence electrons. The fourth-order valence-corrected chi connectivity index (χ4v) is 7.46. The molecule has 3 amide bonds. The van der Waals surface area contributed by atoms with Gasteiger partial charge < -0.3 is 4.57 Å². The summed E-state index contributed by atoms with van der Waals surface area (Å²) in [5.74, 6) is 1.14. The molecule has 1 fully saturated rings. The van der Waals surface area contributed by atoms with E-state index in [1.807, 2.05) is 35.0 Å². The van der Waals surface area contributed by atoms with E-state index in [1.165, 1.54) is 4.90 Å². The van der Waals surface area contributed by atoms with Crippen molar-refractivity contribution in [1.29, 1.82) is 0 Å². The van der Waals surface area contributed by atoms with Crippen molar-refractivity contribution in [1.82, 2.24) is 40.0 Å². The zero-order valence-corrected chi connectivity index (χ0v) is 30.7. The van der Waals surface area contributed by atoms with Gasteiger partial charge in [0.2, 0.25) is 0 Å². The average Bonchev–Trinajstić information content (AvgIpc) is 3.93. The number of benzene rings is 5. The van der Waals surface area contributed by atoms with Crippen LogP contribution >= 0.6 is 0 Å². The van der Waals surface area contributed by atoms with Gasteiger partial charge in [-0.05, 0) is 56.3 Å². The molecular formula is C45H40N8O2. The third kappa shape index (κ3) is 6.52. The van der Waals surface area contributed by atoms with Crippen molar-refractivity contribution >= 4 is 18.0 Å². The first-order valence-electron chi connectivity index (χ1n) is 18.5. The molecule has 0 spiro atoms. The highest BCUT2D eigenvalue weighted by Crippen LogP contribution is 2.43. The second-order valence-electron chi connectivity index (χ2n) is 13.6. The quantitative estimate of drug-likeness (QED) is 0.0778. The Morgan fingerprint density at radius 1 is 0.727 bits per heavy atom. The maximum Gasteiger partial charge on any atom is 0.328 e. The van der Waals surface area contributed by atoms with Crippen LogP contribution in [0.25, 0.3) is 28.6 Å². The molecular weight excluding hydrogens is 685 g/mol. The van der Waals surface area contributed by atoms with Crippen molar-refractivity contribution in [2.24, 2.45) is 0 Å². The molecule has 0 aliphatic carbocycles. The van der Waals surface area contributed by atoms with E-state index < -0.39 is 17.5 Å². The summed E-state index contributed by atoms with van der Waals surface area (Å²) in [6.45, 7) is 2.70. The molecule has 0 bridgehead atoms. The van der Waals surface area contributed by atoms with E-state index in [1.54, 1.807) is 19.3 Å². The van der Waals surface area contributed by atoms with Crippen molar-refractivity contribution in [3.05, 3.63) is 185 Å². The molecule has 0 unspecified atom stereocenters. The molecule has 0 radical (unpaired) electrons. The number of carbonyl (C=O) groups excluding carboxylic acids is 2. The van der Waals surface area contributed by atoms with E-state index in [0.29, 0.717) is 18.1 Å². The summed E-state index contributed by atoms with van der Waals surface area (Å²) in [6, 6.07) is 47.4. The first-order chi connectivity index (χ1) is 27.0. The predicted molar refractivity (Wildman–Crippen MR) is 213 cm³/mol. The van der Waals surface area contributed by atoms with Crippen LogP contribution < -0.4 is 5.32 Å². The first-order valence-corrected chi connectivity index (χ1v) is 18.5. The molecule has 2 aromatic heterocycles. The Balaban J connectivity index is 1.20. The number of aromatic nitrogens is 6. The number of unbranched alkanes of at least 4 members (excludes halogenated alkanes) is 1. The van der Waals surface area contributed by atoms with Gasteiger partial charge in [-0.15, -0.1) is 5.10 Å². The lowest BCUT2D eigenvalue weighted by atomic mass is 9.77. The predicted octanol–water partition coefficient (Wildman–Crippen LogP) is 7.96. The maximum absolute atomic E-state index is 12.5. The number of urea groups is 1. The van der Waals surface area contributed by atoms with Crippen molar-refractivity contribution in [2.75, 3.05) is 7.05 Å². The highest BCUT2D eigenvalue weighted by Gasteiger charge is 2.42. The largest absolute Gasteiger partial charge is 0.328 e. The molecule has 1 N–H and O–H groups in total. The molecule has 10 nitrogen and oxygen atoms in total. The minimum Gasteiger partial charge on any atom is -0.324 e. The van der Waals surface area contributed by atoms with Gasteiger partial charge in [0.1, 0.15) is 17.1 Å². The number of hydrogen-bond acceptors (Lipinski definition) is 6. The average molecular weight is 725 g/mol. The minimum absolute atomic E-state index is 0.290. The van der Waals surface area contributed by atoms with Gasteiger partial charge in [-0.25, -0.2) is 14.5 Å². The minimum atomic E-state index is -0.881. The van der Waals surface area contributed by atoms with Crippen LogP contribution in [0, 0.1) is 0 Å². The van der Waals surface area contributed by atoms with E-state index >= 15 is 0 Å². The summed E-state index contributed by atoms with van der Waals surface area (Å²) in [5, 5.41) is 16.2. The van der Waals surface area contributed by atoms with Crippen LogP contribution in [0.5, 0.6) is 0 Å². The Kier molecular flexibility index (Phi) is 9.70. The van der Waals surface area contributed by atoms with Gasteiger partial charge in [0.05, 0.1) is 11.9 Å². The van der Waals surface area contributed by atoms with Gasteiger partial charge in [-0.1, -0.05) is 153 Å². The van der Waals surface area contributed by atoms with Crippen LogP contribution in [-0.2, 0) is 23.3 Å². The van der Waals surface area contributed by atoms with E-state index in [9.17, 15) is 9.59 Å². The van der Waals surface area contributed by atoms with Gasteiger partial charge >= 0.3 is 6.03 Å². The van der Waals surface area contributed by atoms with Gasteiger partial charge in [-0.2, -0.15) is 0 Å². The number of imide groups is 1. The summed E-state index contributed by atoms with van der Waals surface area (Å²) < 4.78 is 4.09. The Bertz CT molecular complexity index is 2370. The SMILES string of the molecule is CCCCc1ncc(C=C2C(=O)NC(=O)N2C)n1Cc1ccc(-c2ccccc2-c2nnnn2C(c2ccccc2)(c2ccccc2)c2ccccc2)cc1. The van der Waals surface area contributed by atoms with Crippen molar-refractivity contribution < 1.29 is 9.59 Å². The van der Waals surface area contributed by atoms with Crippen LogP contribution in [0.1, 0.15) is 53.5 Å². The number of hydrogen-bond donors (Lipinski definition) is 1. The Morgan fingerprint density at radius 3 is 1.87 bits per heavy atom. The highest BCUT2D eigenvalue weighted by molar-refractivity contribution is 6.13. The summed E-state index contributed by atoms with van der Waals surface area (Å²) >= 11 is 0. The first kappa shape index (κ1) is 35.1. The zero-order valence-electron chi connectivity index (χ0n) is 30.7. The van der Waals surface area contributed by atoms with E-state index in [2.05, 4.69) is 131 Å². The summed E-state index contributed by atoms with van der Waals surface area (Å²) in [6.07, 6.45) is 6.33. The molecule has 7 aromatic rings. The lowest BCUT2D eigenvalue weighted by molar-refractivity contribution is -0.115. The molecule has 3 heterocycles. The van der Waals surface area contributed by atoms with E-state index in [4.69, 9.17) is 15.3 Å². The smallest absolute Gasteiger partial charge is 0.324 e. The fraction of sp³-hybridized carbons (Fsp3) is 0.156. The number of rotatable bonds is 12. The number of aryl methyl sites for hydroxylation is 1. The van der Waals surface area contributed by atoms with Gasteiger partial charge in [0.25, 0.3) is 5.91 Å². The third-order valence-electron chi connectivity index (χ3n) is 10.3. The highest BCUT2D eigenvalue weighted by atomic mass is 16.2. The van der Waals surface area contributed by atoms with Crippen LogP contribution in [0.4, 0.5) is 4.79 Å². The van der Waals surface area contributed by atoms with Crippen LogP contribution in [-0.4, -0.2) is 53.6 Å². The van der Waals surface area contributed by atoms with Gasteiger partial charge in [0, 0.05) is 25.6 Å². The number of amides is 3. The molecule has 8 rings (SSSR count). The second-order valence-corrected chi connectivity index (χ2v) is 13.6. The van der Waals surface area contributed by atoms with Gasteiger partial charge in [-0.3, -0.25) is 15.0 Å². The van der Waals surface area contributed by atoms with Crippen molar-refractivity contribution in [2.45, 2.75) is 38.3 Å². The molecule has 55 heavy (non-hydrogen) atoms. The molecule has 5 aromatic carbocycles. The topological polar surface area (TPSA) is 111 Å². The number of nitrogens with one attached hydrogen (secondary N) is 1. The standard InChI is InChI=1S/C45H40N8O2/c1-3-4-24-41-46-30-37(29-40-43(54)47-44(55)51(40)2)52(41)31-32-25-27-33(28-26-32)38-22-14-15-23-39(38)42-48-49-50-53(42)45(34-16-8-5-9-17-34,35-18-10-6-11-19-35)36-20-12-7-13-21-36/h5-23,25-30H,3-4,24,31H2,1-2H3,(H,47,54,55). The Labute approximate surface area is 319 Å². The molecule has 0 saturated carbocycles. The zero-order chi connectivity index (χ0) is 37.8. The molecule has 0 atom stereocenters. The van der Waals surface area contributed by atoms with Crippen LogP contribution in [0.3, 0.4) is 0 Å². The molecule has 1 saturated heterocycles. The summed E-state index contributed by atoms with van der Waals surface area (Å²) in [4.78, 5) is 30.7. The summed E-state index contributed by atoms with van der Waals surface area (Å²) in [7, 11) is 1.59. The van der Waals surface area contributed by atoms with Gasteiger partial charge in [0.15, 0.2) is 5.82 Å². The lowest BCUT2D eigenvalue weighted by Gasteiger charge is -2.36. The lowest BCUT2D eigenvalue weighted by Crippen LogP contribution is -2.39. The maximum atomic E-state index is 12.5. The Morgan fingerprint density at radius 2 is 1.31 bits per heavy atom. The number of nitrogens with zero attached hydrogens (tertiary/aromatic N) is 7. The van der Waals surface area contributed by atoms with Crippen molar-refractivity contribution in [3.63, 3.8) is 0 Å².